The molecule has 2 aliphatic heterocycles. The Morgan fingerprint density at radius 2 is 2.10 bits per heavy atom. The van der Waals surface area contributed by atoms with Gasteiger partial charge < -0.3 is 14.9 Å². The van der Waals surface area contributed by atoms with Gasteiger partial charge in [-0.1, -0.05) is 12.8 Å². The van der Waals surface area contributed by atoms with Crippen LogP contribution in [0.4, 0.5) is 0 Å². The topological polar surface area (TPSA) is 60.9 Å². The van der Waals surface area contributed by atoms with E-state index in [9.17, 15) is 14.7 Å². The first-order valence-corrected chi connectivity index (χ1v) is 8.28. The molecular weight excluding hydrogens is 268 g/mol. The molecule has 0 aromatic rings. The lowest BCUT2D eigenvalue weighted by Gasteiger charge is -2.42. The lowest BCUT2D eigenvalue weighted by molar-refractivity contribution is -0.141. The molecule has 1 aliphatic carbocycles. The normalized spacial score (nSPS) is 30.0. The highest BCUT2D eigenvalue weighted by atomic mass is 16.3. The lowest BCUT2D eigenvalue weighted by atomic mass is 9.76. The average Bonchev–Trinajstić information content (AvgIpc) is 3.21. The van der Waals surface area contributed by atoms with E-state index in [4.69, 9.17) is 0 Å². The van der Waals surface area contributed by atoms with E-state index in [1.807, 2.05) is 4.90 Å². The zero-order chi connectivity index (χ0) is 14.9. The lowest BCUT2D eigenvalue weighted by Crippen LogP contribution is -2.50. The second-order valence-electron chi connectivity index (χ2n) is 7.14. The van der Waals surface area contributed by atoms with Crippen molar-refractivity contribution < 1.29 is 14.7 Å². The molecule has 5 nitrogen and oxygen atoms in total. The highest BCUT2D eigenvalue weighted by Crippen LogP contribution is 2.44. The molecule has 0 aromatic carbocycles. The molecule has 0 spiro atoms. The monoisotopic (exact) mass is 294 g/mol. The van der Waals surface area contributed by atoms with Crippen molar-refractivity contribution >= 4 is 11.8 Å². The minimum absolute atomic E-state index is 0.0542. The zero-order valence-corrected chi connectivity index (χ0v) is 12.7. The highest BCUT2D eigenvalue weighted by Gasteiger charge is 2.41. The maximum atomic E-state index is 12.5. The Balaban J connectivity index is 1.58. The molecule has 118 valence electrons. The molecule has 2 heterocycles. The minimum Gasteiger partial charge on any atom is -0.396 e. The molecule has 21 heavy (non-hydrogen) atoms. The number of rotatable bonds is 5. The number of piperidine rings is 1. The molecule has 1 N–H and O–H groups in total. The smallest absolute Gasteiger partial charge is 0.242 e. The molecule has 5 heteroatoms. The van der Waals surface area contributed by atoms with E-state index in [2.05, 4.69) is 0 Å². The van der Waals surface area contributed by atoms with Crippen LogP contribution in [0.25, 0.3) is 0 Å². The molecule has 3 aliphatic rings. The van der Waals surface area contributed by atoms with Crippen LogP contribution >= 0.6 is 0 Å². The standard InChI is InChI=1S/C16H26N2O3/c19-12-16(9-13-4-5-13)6-2-8-18(11-16)15(21)10-17-7-1-3-14(17)20/h13,19H,1-12H2/t16-/m0/s1. The predicted octanol–water partition coefficient (Wildman–Crippen LogP) is 1.01. The van der Waals surface area contributed by atoms with Crippen LogP contribution in [0.2, 0.25) is 0 Å². The molecule has 3 rings (SSSR count). The Morgan fingerprint density at radius 1 is 1.29 bits per heavy atom. The highest BCUT2D eigenvalue weighted by molar-refractivity contribution is 5.86. The Labute approximate surface area is 126 Å². The van der Waals surface area contributed by atoms with Crippen LogP contribution in [0.3, 0.4) is 0 Å². The van der Waals surface area contributed by atoms with E-state index < -0.39 is 0 Å². The number of likely N-dealkylation sites (tertiary alicyclic amines) is 2. The molecular formula is C16H26N2O3. The largest absolute Gasteiger partial charge is 0.396 e. The van der Waals surface area contributed by atoms with Crippen LogP contribution in [-0.2, 0) is 9.59 Å². The molecule has 0 bridgehead atoms. The molecule has 0 aromatic heterocycles. The van der Waals surface area contributed by atoms with Crippen LogP contribution in [0.1, 0.15) is 44.9 Å². The molecule has 3 fully saturated rings. The fourth-order valence-electron chi connectivity index (χ4n) is 3.85. The summed E-state index contributed by atoms with van der Waals surface area (Å²) in [5, 5.41) is 9.84. The third-order valence-corrected chi connectivity index (χ3v) is 5.27. The SMILES string of the molecule is O=C1CCCN1CC(=O)N1CCC[C@](CO)(CC2CC2)C1. The van der Waals surface area contributed by atoms with Gasteiger partial charge in [0, 0.05) is 31.5 Å². The van der Waals surface area contributed by atoms with E-state index in [1.165, 1.54) is 12.8 Å². The van der Waals surface area contributed by atoms with Gasteiger partial charge in [-0.3, -0.25) is 9.59 Å². The second kappa shape index (κ2) is 5.95. The molecule has 0 radical (unpaired) electrons. The van der Waals surface area contributed by atoms with Crippen molar-refractivity contribution in [2.24, 2.45) is 11.3 Å². The van der Waals surface area contributed by atoms with Gasteiger partial charge in [-0.05, 0) is 31.6 Å². The third-order valence-electron chi connectivity index (χ3n) is 5.27. The summed E-state index contributed by atoms with van der Waals surface area (Å²) >= 11 is 0. The first kappa shape index (κ1) is 14.8. The van der Waals surface area contributed by atoms with Crippen molar-refractivity contribution in [1.82, 2.24) is 9.80 Å². The fraction of sp³-hybridized carbons (Fsp3) is 0.875. The summed E-state index contributed by atoms with van der Waals surface area (Å²) in [5.74, 6) is 0.915. The van der Waals surface area contributed by atoms with E-state index in [1.54, 1.807) is 4.90 Å². The van der Waals surface area contributed by atoms with Crippen molar-refractivity contribution in [2.45, 2.75) is 44.9 Å². The van der Waals surface area contributed by atoms with Crippen molar-refractivity contribution in [1.29, 1.82) is 0 Å². The molecule has 2 saturated heterocycles. The number of carbonyl (C=O) groups is 2. The quantitative estimate of drug-likeness (QED) is 0.823. The van der Waals surface area contributed by atoms with Gasteiger partial charge in [0.2, 0.25) is 11.8 Å². The third kappa shape index (κ3) is 3.39. The minimum atomic E-state index is -0.0932. The number of carbonyl (C=O) groups excluding carboxylic acids is 2. The van der Waals surface area contributed by atoms with E-state index in [-0.39, 0.29) is 30.4 Å². The molecule has 1 saturated carbocycles. The van der Waals surface area contributed by atoms with Gasteiger partial charge in [-0.15, -0.1) is 0 Å². The summed E-state index contributed by atoms with van der Waals surface area (Å²) in [6.45, 7) is 2.56. The first-order valence-electron chi connectivity index (χ1n) is 8.28. The number of aliphatic hydroxyl groups excluding tert-OH is 1. The Kier molecular flexibility index (Phi) is 4.20. The number of hydrogen-bond acceptors (Lipinski definition) is 3. The fourth-order valence-corrected chi connectivity index (χ4v) is 3.85. The van der Waals surface area contributed by atoms with Gasteiger partial charge in [0.05, 0.1) is 13.2 Å². The van der Waals surface area contributed by atoms with Gasteiger partial charge in [0.25, 0.3) is 0 Å². The van der Waals surface area contributed by atoms with Gasteiger partial charge in [-0.25, -0.2) is 0 Å². The predicted molar refractivity (Wildman–Crippen MR) is 78.5 cm³/mol. The average molecular weight is 294 g/mol. The molecule has 0 unspecified atom stereocenters. The van der Waals surface area contributed by atoms with Crippen LogP contribution in [-0.4, -0.2) is 59.5 Å². The summed E-state index contributed by atoms with van der Waals surface area (Å²) in [5.41, 5.74) is -0.0932. The number of nitrogens with zero attached hydrogens (tertiary/aromatic N) is 2. The summed E-state index contributed by atoms with van der Waals surface area (Å²) in [6.07, 6.45) is 7.04. The Morgan fingerprint density at radius 3 is 2.71 bits per heavy atom. The van der Waals surface area contributed by atoms with Gasteiger partial charge in [-0.2, -0.15) is 0 Å². The van der Waals surface area contributed by atoms with E-state index in [0.29, 0.717) is 19.5 Å². The Bertz CT molecular complexity index is 422. The van der Waals surface area contributed by atoms with Crippen molar-refractivity contribution in [3.8, 4) is 0 Å². The number of hydrogen-bond donors (Lipinski definition) is 1. The van der Waals surface area contributed by atoms with E-state index in [0.717, 1.165) is 38.1 Å². The second-order valence-corrected chi connectivity index (χ2v) is 7.14. The maximum absolute atomic E-state index is 12.5. The van der Waals surface area contributed by atoms with Crippen molar-refractivity contribution in [3.05, 3.63) is 0 Å². The van der Waals surface area contributed by atoms with Gasteiger partial charge in [0.15, 0.2) is 0 Å². The van der Waals surface area contributed by atoms with Crippen LogP contribution in [0.5, 0.6) is 0 Å². The maximum Gasteiger partial charge on any atom is 0.242 e. The first-order chi connectivity index (χ1) is 10.1. The summed E-state index contributed by atoms with van der Waals surface area (Å²) in [6, 6.07) is 0. The molecule has 1 atom stereocenters. The number of aliphatic hydroxyl groups is 1. The summed E-state index contributed by atoms with van der Waals surface area (Å²) in [7, 11) is 0. The van der Waals surface area contributed by atoms with Crippen molar-refractivity contribution in [2.75, 3.05) is 32.8 Å². The number of amides is 2. The van der Waals surface area contributed by atoms with Crippen LogP contribution in [0, 0.1) is 11.3 Å². The van der Waals surface area contributed by atoms with Crippen LogP contribution < -0.4 is 0 Å². The molecule has 2 amide bonds. The van der Waals surface area contributed by atoms with Crippen LogP contribution in [0.15, 0.2) is 0 Å². The van der Waals surface area contributed by atoms with Gasteiger partial charge in [0.1, 0.15) is 0 Å². The zero-order valence-electron chi connectivity index (χ0n) is 12.7. The van der Waals surface area contributed by atoms with Crippen molar-refractivity contribution in [3.63, 3.8) is 0 Å². The van der Waals surface area contributed by atoms with E-state index >= 15 is 0 Å². The summed E-state index contributed by atoms with van der Waals surface area (Å²) in [4.78, 5) is 27.7. The van der Waals surface area contributed by atoms with Gasteiger partial charge >= 0.3 is 0 Å². The Hall–Kier alpha value is -1.10. The summed E-state index contributed by atoms with van der Waals surface area (Å²) < 4.78 is 0.